The van der Waals surface area contributed by atoms with Gasteiger partial charge in [-0.1, -0.05) is 29.8 Å². The Bertz CT molecular complexity index is 1090. The normalized spacial score (nSPS) is 15.9. The van der Waals surface area contributed by atoms with Gasteiger partial charge in [0.05, 0.1) is 22.7 Å². The number of hydrogen-bond acceptors (Lipinski definition) is 5. The zero-order valence-electron chi connectivity index (χ0n) is 19.4. The number of benzene rings is 2. The van der Waals surface area contributed by atoms with Crippen LogP contribution in [0.15, 0.2) is 42.5 Å². The van der Waals surface area contributed by atoms with Crippen LogP contribution in [0.2, 0.25) is 5.02 Å². The first-order valence-electron chi connectivity index (χ1n) is 10.8. The zero-order chi connectivity index (χ0) is 25.0. The van der Waals surface area contributed by atoms with Crippen LogP contribution >= 0.6 is 11.6 Å². The topological polar surface area (TPSA) is 125 Å². The number of primary amides is 1. The van der Waals surface area contributed by atoms with Crippen molar-refractivity contribution in [2.24, 2.45) is 5.73 Å². The van der Waals surface area contributed by atoms with E-state index in [1.807, 2.05) is 31.2 Å². The maximum absolute atomic E-state index is 13.6. The number of para-hydroxylation sites is 1. The molecule has 0 radical (unpaired) electrons. The average molecular weight is 489 g/mol. The predicted octanol–water partition coefficient (Wildman–Crippen LogP) is 2.54. The van der Waals surface area contributed by atoms with Crippen molar-refractivity contribution >= 4 is 35.1 Å². The van der Waals surface area contributed by atoms with Gasteiger partial charge >= 0.3 is 6.03 Å². The first kappa shape index (κ1) is 25.3. The molecular weight excluding hydrogens is 460 g/mol. The van der Waals surface area contributed by atoms with Gasteiger partial charge in [0.2, 0.25) is 5.91 Å². The third-order valence-corrected chi connectivity index (χ3v) is 5.60. The number of rotatable bonds is 6. The maximum Gasteiger partial charge on any atom is 0.318 e. The van der Waals surface area contributed by atoms with E-state index >= 15 is 0 Å². The third-order valence-electron chi connectivity index (χ3n) is 5.28. The van der Waals surface area contributed by atoms with Crippen LogP contribution in [0, 0.1) is 0 Å². The van der Waals surface area contributed by atoms with Crippen molar-refractivity contribution < 1.29 is 24.2 Å². The lowest BCUT2D eigenvalue weighted by molar-refractivity contribution is -0.117. The largest absolute Gasteiger partial charge is 0.491 e. The van der Waals surface area contributed by atoms with Crippen LogP contribution in [0.1, 0.15) is 36.7 Å². The van der Waals surface area contributed by atoms with Gasteiger partial charge in [-0.2, -0.15) is 0 Å². The fourth-order valence-corrected chi connectivity index (χ4v) is 3.85. The van der Waals surface area contributed by atoms with Gasteiger partial charge in [0, 0.05) is 24.8 Å². The molecular formula is C24H29ClN4O5. The first-order valence-corrected chi connectivity index (χ1v) is 11.2. The molecule has 9 nitrogen and oxygen atoms in total. The van der Waals surface area contributed by atoms with Crippen LogP contribution < -0.4 is 20.7 Å². The number of halogens is 1. The lowest BCUT2D eigenvalue weighted by Crippen LogP contribution is -2.49. The molecule has 0 spiro atoms. The van der Waals surface area contributed by atoms with Gasteiger partial charge < -0.3 is 30.7 Å². The number of anilines is 1. The summed E-state index contributed by atoms with van der Waals surface area (Å²) in [7, 11) is 0. The summed E-state index contributed by atoms with van der Waals surface area (Å²) in [6.07, 6.45) is 0. The zero-order valence-corrected chi connectivity index (χ0v) is 20.1. The first-order chi connectivity index (χ1) is 16.0. The van der Waals surface area contributed by atoms with Gasteiger partial charge in [0.25, 0.3) is 5.91 Å². The Hall–Kier alpha value is -3.30. The Balaban J connectivity index is 1.87. The summed E-state index contributed by atoms with van der Waals surface area (Å²) in [5.74, 6) is -0.527. The summed E-state index contributed by atoms with van der Waals surface area (Å²) in [4.78, 5) is 40.5. The SMILES string of the molecule is C[C@@H]1CN(C(=O)c2ccc(OCC(C)(C)O)cc2Cl)c2ccccc2CN1C(=O)NCC(N)=O. The van der Waals surface area contributed by atoms with Crippen LogP contribution in [0.4, 0.5) is 10.5 Å². The van der Waals surface area contributed by atoms with Crippen molar-refractivity contribution in [1.82, 2.24) is 10.2 Å². The van der Waals surface area contributed by atoms with Gasteiger partial charge in [0.1, 0.15) is 12.4 Å². The van der Waals surface area contributed by atoms with Crippen molar-refractivity contribution in [1.29, 1.82) is 0 Å². The fourth-order valence-electron chi connectivity index (χ4n) is 3.60. The van der Waals surface area contributed by atoms with Crippen LogP contribution in [-0.4, -0.2) is 59.2 Å². The van der Waals surface area contributed by atoms with Gasteiger partial charge in [-0.25, -0.2) is 4.79 Å². The molecule has 0 fully saturated rings. The minimum atomic E-state index is -1.01. The smallest absolute Gasteiger partial charge is 0.318 e. The maximum atomic E-state index is 13.6. The molecule has 1 heterocycles. The number of carbonyl (C=O) groups excluding carboxylic acids is 3. The monoisotopic (exact) mass is 488 g/mol. The second-order valence-corrected chi connectivity index (χ2v) is 9.30. The molecule has 4 N–H and O–H groups in total. The van der Waals surface area contributed by atoms with E-state index in [9.17, 15) is 19.5 Å². The van der Waals surface area contributed by atoms with E-state index in [1.54, 1.807) is 35.8 Å². The molecule has 182 valence electrons. The average Bonchev–Trinajstić information content (AvgIpc) is 2.92. The molecule has 10 heteroatoms. The second-order valence-electron chi connectivity index (χ2n) is 8.89. The molecule has 3 rings (SSSR count). The van der Waals surface area contributed by atoms with E-state index in [2.05, 4.69) is 5.32 Å². The number of amides is 4. The predicted molar refractivity (Wildman–Crippen MR) is 129 cm³/mol. The molecule has 0 saturated heterocycles. The third kappa shape index (κ3) is 6.18. The van der Waals surface area contributed by atoms with E-state index in [0.717, 1.165) is 5.56 Å². The Morgan fingerprint density at radius 1 is 1.24 bits per heavy atom. The molecule has 0 unspecified atom stereocenters. The van der Waals surface area contributed by atoms with Crippen molar-refractivity contribution in [3.63, 3.8) is 0 Å². The number of fused-ring (bicyclic) bond motifs is 1. The van der Waals surface area contributed by atoms with Gasteiger partial charge in [-0.3, -0.25) is 9.59 Å². The second kappa shape index (κ2) is 10.3. The molecule has 2 aromatic rings. The molecule has 0 aliphatic carbocycles. The van der Waals surface area contributed by atoms with Crippen LogP contribution in [0.25, 0.3) is 0 Å². The van der Waals surface area contributed by atoms with Crippen LogP contribution in [0.3, 0.4) is 0 Å². The summed E-state index contributed by atoms with van der Waals surface area (Å²) in [5.41, 5.74) is 5.86. The molecule has 1 aliphatic rings. The van der Waals surface area contributed by atoms with E-state index in [0.29, 0.717) is 11.4 Å². The van der Waals surface area contributed by atoms with Crippen molar-refractivity contribution in [3.05, 3.63) is 58.6 Å². The molecule has 0 bridgehead atoms. The van der Waals surface area contributed by atoms with Crippen molar-refractivity contribution in [2.45, 2.75) is 39.0 Å². The highest BCUT2D eigenvalue weighted by Crippen LogP contribution is 2.31. The fraction of sp³-hybridized carbons (Fsp3) is 0.375. The van der Waals surface area contributed by atoms with Gasteiger partial charge in [-0.15, -0.1) is 0 Å². The molecule has 1 aliphatic heterocycles. The minimum Gasteiger partial charge on any atom is -0.491 e. The number of hydrogen-bond donors (Lipinski definition) is 3. The van der Waals surface area contributed by atoms with Crippen molar-refractivity contribution in [3.8, 4) is 5.75 Å². The Morgan fingerprint density at radius 2 is 1.94 bits per heavy atom. The Labute approximate surface area is 203 Å². The Kier molecular flexibility index (Phi) is 7.68. The van der Waals surface area contributed by atoms with Gasteiger partial charge in [-0.05, 0) is 50.6 Å². The minimum absolute atomic E-state index is 0.0707. The number of nitrogens with zero attached hydrogens (tertiary/aromatic N) is 2. The highest BCUT2D eigenvalue weighted by molar-refractivity contribution is 6.34. The van der Waals surface area contributed by atoms with Crippen LogP contribution in [0.5, 0.6) is 5.75 Å². The van der Waals surface area contributed by atoms with Crippen molar-refractivity contribution in [2.75, 3.05) is 24.6 Å². The number of urea groups is 1. The standard InChI is InChI=1S/C24H29ClN4O5/c1-15-12-29(22(31)18-9-8-17(10-19(18)25)34-14-24(2,3)33)20-7-5-4-6-16(20)13-28(15)23(32)27-11-21(26)30/h4-10,15,33H,11-14H2,1-3H3,(H2,26,30)(H,27,32)/t15-/m1/s1. The van der Waals surface area contributed by atoms with E-state index in [4.69, 9.17) is 22.1 Å². The summed E-state index contributed by atoms with van der Waals surface area (Å²) in [6.45, 7) is 5.34. The highest BCUT2D eigenvalue weighted by Gasteiger charge is 2.32. The van der Waals surface area contributed by atoms with Crippen LogP contribution in [-0.2, 0) is 11.3 Å². The lowest BCUT2D eigenvalue weighted by Gasteiger charge is -2.29. The quantitative estimate of drug-likeness (QED) is 0.576. The van der Waals surface area contributed by atoms with Gasteiger partial charge in [0.15, 0.2) is 0 Å². The van der Waals surface area contributed by atoms with E-state index in [-0.39, 0.29) is 48.8 Å². The summed E-state index contributed by atoms with van der Waals surface area (Å²) in [5, 5.41) is 12.6. The molecule has 4 amide bonds. The molecule has 1 atom stereocenters. The highest BCUT2D eigenvalue weighted by atomic mass is 35.5. The molecule has 2 aromatic carbocycles. The number of nitrogens with one attached hydrogen (secondary N) is 1. The summed E-state index contributed by atoms with van der Waals surface area (Å²) in [6, 6.07) is 11.3. The number of carbonyl (C=O) groups is 3. The summed E-state index contributed by atoms with van der Waals surface area (Å²) < 4.78 is 5.56. The summed E-state index contributed by atoms with van der Waals surface area (Å²) >= 11 is 6.44. The number of ether oxygens (including phenoxy) is 1. The Morgan fingerprint density at radius 3 is 2.59 bits per heavy atom. The molecule has 0 aromatic heterocycles. The molecule has 34 heavy (non-hydrogen) atoms. The lowest BCUT2D eigenvalue weighted by atomic mass is 10.1. The van der Waals surface area contributed by atoms with E-state index in [1.165, 1.54) is 6.07 Å². The number of aliphatic hydroxyl groups is 1. The van der Waals surface area contributed by atoms with E-state index < -0.39 is 17.5 Å². The molecule has 0 saturated carbocycles. The number of nitrogens with two attached hydrogens (primary N) is 1.